The maximum absolute atomic E-state index is 13.0. The summed E-state index contributed by atoms with van der Waals surface area (Å²) in [6.07, 6.45) is 0.944. The Hall–Kier alpha value is -2.37. The molecule has 0 aromatic heterocycles. The molecule has 1 saturated heterocycles. The molecule has 2 aromatic rings. The number of hydrogen-bond donors (Lipinski definition) is 1. The first-order valence-corrected chi connectivity index (χ1v) is 9.24. The predicted molar refractivity (Wildman–Crippen MR) is 103 cm³/mol. The molecule has 4 rings (SSSR count). The van der Waals surface area contributed by atoms with Gasteiger partial charge in [-0.15, -0.1) is 0 Å². The number of carbonyl (C=O) groups is 1. The standard InChI is InChI=1S/C21H25N3O2/c1-26-20-9-5-3-7-17(20)19-14-22-11-13-23(19)15-21(25)24-12-10-16-6-2-4-8-18(16)24/h2-9,19,22H,10-15H2,1H3. The summed E-state index contributed by atoms with van der Waals surface area (Å²) in [6, 6.07) is 16.5. The van der Waals surface area contributed by atoms with Crippen LogP contribution >= 0.6 is 0 Å². The van der Waals surface area contributed by atoms with Gasteiger partial charge in [-0.3, -0.25) is 9.69 Å². The number of hydrogen-bond acceptors (Lipinski definition) is 4. The quantitative estimate of drug-likeness (QED) is 0.918. The van der Waals surface area contributed by atoms with E-state index in [0.717, 1.165) is 49.6 Å². The van der Waals surface area contributed by atoms with Crippen molar-refractivity contribution in [1.29, 1.82) is 0 Å². The molecule has 1 fully saturated rings. The molecule has 26 heavy (non-hydrogen) atoms. The van der Waals surface area contributed by atoms with Crippen molar-refractivity contribution < 1.29 is 9.53 Å². The van der Waals surface area contributed by atoms with Crippen molar-refractivity contribution in [2.24, 2.45) is 0 Å². The zero-order valence-electron chi connectivity index (χ0n) is 15.1. The molecule has 0 radical (unpaired) electrons. The van der Waals surface area contributed by atoms with Gasteiger partial charge in [0.2, 0.25) is 5.91 Å². The third-order valence-electron chi connectivity index (χ3n) is 5.38. The van der Waals surface area contributed by atoms with Crippen LogP contribution in [0.25, 0.3) is 0 Å². The summed E-state index contributed by atoms with van der Waals surface area (Å²) in [6.45, 7) is 3.78. The van der Waals surface area contributed by atoms with E-state index in [1.807, 2.05) is 35.2 Å². The molecule has 1 amide bonds. The number of nitrogens with zero attached hydrogens (tertiary/aromatic N) is 2. The monoisotopic (exact) mass is 351 g/mol. The van der Waals surface area contributed by atoms with E-state index in [1.54, 1.807) is 7.11 Å². The average Bonchev–Trinajstić information content (AvgIpc) is 3.13. The molecule has 1 atom stereocenters. The first kappa shape index (κ1) is 17.1. The van der Waals surface area contributed by atoms with Crippen LogP contribution in [0.15, 0.2) is 48.5 Å². The van der Waals surface area contributed by atoms with Gasteiger partial charge < -0.3 is 15.0 Å². The summed E-state index contributed by atoms with van der Waals surface area (Å²) in [7, 11) is 1.70. The van der Waals surface area contributed by atoms with Gasteiger partial charge in [-0.2, -0.15) is 0 Å². The summed E-state index contributed by atoms with van der Waals surface area (Å²) in [5.74, 6) is 1.06. The van der Waals surface area contributed by atoms with Gasteiger partial charge in [0.1, 0.15) is 5.75 Å². The number of para-hydroxylation sites is 2. The van der Waals surface area contributed by atoms with Gasteiger partial charge in [-0.1, -0.05) is 36.4 Å². The van der Waals surface area contributed by atoms with Crippen molar-refractivity contribution >= 4 is 11.6 Å². The molecule has 5 nitrogen and oxygen atoms in total. The highest BCUT2D eigenvalue weighted by molar-refractivity contribution is 5.96. The Balaban J connectivity index is 1.53. The summed E-state index contributed by atoms with van der Waals surface area (Å²) in [5.41, 5.74) is 3.47. The second-order valence-corrected chi connectivity index (χ2v) is 6.86. The van der Waals surface area contributed by atoms with Gasteiger partial charge in [0.05, 0.1) is 19.7 Å². The number of methoxy groups -OCH3 is 1. The molecule has 136 valence electrons. The Kier molecular flexibility index (Phi) is 4.91. The van der Waals surface area contributed by atoms with Gasteiger partial charge in [-0.25, -0.2) is 0 Å². The van der Waals surface area contributed by atoms with Crippen LogP contribution in [0.3, 0.4) is 0 Å². The van der Waals surface area contributed by atoms with E-state index in [-0.39, 0.29) is 11.9 Å². The average molecular weight is 351 g/mol. The van der Waals surface area contributed by atoms with Crippen molar-refractivity contribution in [3.63, 3.8) is 0 Å². The second kappa shape index (κ2) is 7.48. The second-order valence-electron chi connectivity index (χ2n) is 6.86. The largest absolute Gasteiger partial charge is 0.496 e. The first-order valence-electron chi connectivity index (χ1n) is 9.24. The summed E-state index contributed by atoms with van der Waals surface area (Å²) < 4.78 is 5.55. The predicted octanol–water partition coefficient (Wildman–Crippen LogP) is 2.23. The number of rotatable bonds is 4. The van der Waals surface area contributed by atoms with Crippen LogP contribution in [0.4, 0.5) is 5.69 Å². The minimum absolute atomic E-state index is 0.140. The molecule has 1 N–H and O–H groups in total. The molecular formula is C21H25N3O2. The fourth-order valence-electron chi connectivity index (χ4n) is 4.04. The number of amides is 1. The number of nitrogens with one attached hydrogen (secondary N) is 1. The fourth-order valence-corrected chi connectivity index (χ4v) is 4.04. The van der Waals surface area contributed by atoms with E-state index < -0.39 is 0 Å². The number of ether oxygens (including phenoxy) is 1. The normalized spacial score (nSPS) is 20.0. The van der Waals surface area contributed by atoms with Gasteiger partial charge >= 0.3 is 0 Å². The summed E-state index contributed by atoms with van der Waals surface area (Å²) in [4.78, 5) is 17.3. The Bertz CT molecular complexity index is 792. The maximum Gasteiger partial charge on any atom is 0.241 e. The maximum atomic E-state index is 13.0. The molecule has 2 aromatic carbocycles. The molecule has 0 bridgehead atoms. The van der Waals surface area contributed by atoms with Gasteiger partial charge in [0, 0.05) is 37.4 Å². The number of fused-ring (bicyclic) bond motifs is 1. The van der Waals surface area contributed by atoms with Crippen LogP contribution in [0.5, 0.6) is 5.75 Å². The SMILES string of the molecule is COc1ccccc1C1CNCCN1CC(=O)N1CCc2ccccc21. The molecule has 0 spiro atoms. The molecule has 2 heterocycles. The smallest absolute Gasteiger partial charge is 0.241 e. The van der Waals surface area contributed by atoms with E-state index in [2.05, 4.69) is 28.4 Å². The topological polar surface area (TPSA) is 44.8 Å². The van der Waals surface area contributed by atoms with E-state index in [9.17, 15) is 4.79 Å². The minimum atomic E-state index is 0.140. The van der Waals surface area contributed by atoms with Crippen LogP contribution in [-0.4, -0.2) is 50.6 Å². The Morgan fingerprint density at radius 2 is 1.96 bits per heavy atom. The zero-order chi connectivity index (χ0) is 17.9. The highest BCUT2D eigenvalue weighted by atomic mass is 16.5. The van der Waals surface area contributed by atoms with Crippen molar-refractivity contribution in [1.82, 2.24) is 10.2 Å². The Morgan fingerprint density at radius 3 is 2.85 bits per heavy atom. The molecular weight excluding hydrogens is 326 g/mol. The number of benzene rings is 2. The van der Waals surface area contributed by atoms with E-state index in [1.165, 1.54) is 5.56 Å². The van der Waals surface area contributed by atoms with Crippen molar-refractivity contribution in [3.05, 3.63) is 59.7 Å². The highest BCUT2D eigenvalue weighted by Crippen LogP contribution is 2.31. The molecule has 2 aliphatic rings. The number of piperazine rings is 1. The third kappa shape index (κ3) is 3.20. The van der Waals surface area contributed by atoms with Gasteiger partial charge in [-0.05, 0) is 24.1 Å². The van der Waals surface area contributed by atoms with E-state index in [4.69, 9.17) is 4.74 Å². The van der Waals surface area contributed by atoms with Crippen molar-refractivity contribution in [3.8, 4) is 5.75 Å². The fraction of sp³-hybridized carbons (Fsp3) is 0.381. The lowest BCUT2D eigenvalue weighted by molar-refractivity contribution is -0.120. The Morgan fingerprint density at radius 1 is 1.15 bits per heavy atom. The highest BCUT2D eigenvalue weighted by Gasteiger charge is 2.31. The van der Waals surface area contributed by atoms with Crippen LogP contribution in [0.2, 0.25) is 0 Å². The van der Waals surface area contributed by atoms with Crippen LogP contribution in [-0.2, 0) is 11.2 Å². The molecule has 0 saturated carbocycles. The lowest BCUT2D eigenvalue weighted by Gasteiger charge is -2.37. The molecule has 0 aliphatic carbocycles. The minimum Gasteiger partial charge on any atom is -0.496 e. The van der Waals surface area contributed by atoms with E-state index >= 15 is 0 Å². The van der Waals surface area contributed by atoms with Crippen LogP contribution < -0.4 is 15.0 Å². The Labute approximate surface area is 154 Å². The number of carbonyl (C=O) groups excluding carboxylic acids is 1. The summed E-state index contributed by atoms with van der Waals surface area (Å²) >= 11 is 0. The van der Waals surface area contributed by atoms with Crippen LogP contribution in [0.1, 0.15) is 17.2 Å². The van der Waals surface area contributed by atoms with Crippen molar-refractivity contribution in [2.45, 2.75) is 12.5 Å². The third-order valence-corrected chi connectivity index (χ3v) is 5.38. The zero-order valence-corrected chi connectivity index (χ0v) is 15.1. The van der Waals surface area contributed by atoms with E-state index in [0.29, 0.717) is 6.54 Å². The number of anilines is 1. The summed E-state index contributed by atoms with van der Waals surface area (Å²) in [5, 5.41) is 3.45. The molecule has 2 aliphatic heterocycles. The van der Waals surface area contributed by atoms with Gasteiger partial charge in [0.25, 0.3) is 0 Å². The first-order chi connectivity index (χ1) is 12.8. The molecule has 1 unspecified atom stereocenters. The van der Waals surface area contributed by atoms with Gasteiger partial charge in [0.15, 0.2) is 0 Å². The lowest BCUT2D eigenvalue weighted by Crippen LogP contribution is -2.50. The van der Waals surface area contributed by atoms with Crippen molar-refractivity contribution in [2.75, 3.05) is 44.7 Å². The molecule has 5 heteroatoms. The lowest BCUT2D eigenvalue weighted by atomic mass is 10.0. The van der Waals surface area contributed by atoms with Crippen LogP contribution in [0, 0.1) is 0 Å².